The van der Waals surface area contributed by atoms with Gasteiger partial charge in [-0.05, 0) is 48.9 Å². The zero-order valence-electron chi connectivity index (χ0n) is 16.2. The van der Waals surface area contributed by atoms with Crippen molar-refractivity contribution in [1.29, 1.82) is 5.41 Å². The Balaban J connectivity index is 1.73. The van der Waals surface area contributed by atoms with Gasteiger partial charge in [-0.25, -0.2) is 9.67 Å². The van der Waals surface area contributed by atoms with Gasteiger partial charge in [0.25, 0.3) is 0 Å². The molecule has 2 heterocycles. The molecular formula is C23H19N5OS. The van der Waals surface area contributed by atoms with E-state index in [2.05, 4.69) is 21.5 Å². The maximum atomic E-state index is 12.6. The lowest BCUT2D eigenvalue weighted by Crippen LogP contribution is -2.18. The molecule has 2 N–H and O–H groups in total. The van der Waals surface area contributed by atoms with E-state index in [0.717, 1.165) is 33.7 Å². The largest absolute Gasteiger partial charge is 0.354 e. The van der Waals surface area contributed by atoms with Crippen LogP contribution in [0, 0.1) is 12.3 Å². The molecule has 30 heavy (non-hydrogen) atoms. The van der Waals surface area contributed by atoms with Crippen LogP contribution in [-0.2, 0) is 0 Å². The van der Waals surface area contributed by atoms with Crippen molar-refractivity contribution in [2.45, 2.75) is 6.92 Å². The van der Waals surface area contributed by atoms with Crippen molar-refractivity contribution in [3.8, 4) is 16.3 Å². The number of aryl methyl sites for hydroxylation is 1. The number of thiazole rings is 1. The summed E-state index contributed by atoms with van der Waals surface area (Å²) in [6.07, 6.45) is 6.11. The average molecular weight is 414 g/mol. The van der Waals surface area contributed by atoms with Crippen molar-refractivity contribution in [2.75, 3.05) is 5.32 Å². The number of para-hydroxylation sites is 1. The van der Waals surface area contributed by atoms with E-state index in [9.17, 15) is 4.79 Å². The van der Waals surface area contributed by atoms with Crippen molar-refractivity contribution in [1.82, 2.24) is 14.8 Å². The topological polar surface area (TPSA) is 83.7 Å². The van der Waals surface area contributed by atoms with Crippen molar-refractivity contribution in [3.63, 3.8) is 0 Å². The quantitative estimate of drug-likeness (QED) is 0.446. The first-order valence-corrected chi connectivity index (χ1v) is 10.2. The Morgan fingerprint density at radius 3 is 2.70 bits per heavy atom. The summed E-state index contributed by atoms with van der Waals surface area (Å²) >= 11 is 1.59. The van der Waals surface area contributed by atoms with E-state index in [1.807, 2.05) is 54.8 Å². The second kappa shape index (κ2) is 8.67. The normalized spacial score (nSPS) is 11.3. The molecule has 0 fully saturated rings. The van der Waals surface area contributed by atoms with Gasteiger partial charge in [-0.15, -0.1) is 11.3 Å². The predicted octanol–water partition coefficient (Wildman–Crippen LogP) is 4.77. The minimum atomic E-state index is -0.222. The van der Waals surface area contributed by atoms with E-state index in [4.69, 9.17) is 5.41 Å². The highest BCUT2D eigenvalue weighted by atomic mass is 32.1. The van der Waals surface area contributed by atoms with Gasteiger partial charge in [0.15, 0.2) is 5.69 Å². The number of allylic oxidation sites excluding steroid dienone is 1. The minimum Gasteiger partial charge on any atom is -0.354 e. The number of aromatic nitrogens is 3. The Hall–Kier alpha value is -3.84. The molecule has 0 bridgehead atoms. The summed E-state index contributed by atoms with van der Waals surface area (Å²) in [5, 5.41) is 18.1. The Morgan fingerprint density at radius 1 is 1.17 bits per heavy atom. The highest BCUT2D eigenvalue weighted by Gasteiger charge is 2.12. The Kier molecular flexibility index (Phi) is 5.63. The zero-order valence-corrected chi connectivity index (χ0v) is 17.1. The van der Waals surface area contributed by atoms with E-state index in [-0.39, 0.29) is 11.1 Å². The Labute approximate surface area is 177 Å². The number of nitrogens with zero attached hydrogens (tertiary/aromatic N) is 3. The first-order chi connectivity index (χ1) is 14.7. The standard InChI is InChI=1S/C23H19N5OS/c1-16-15-17(23-25-12-14-30-23)7-8-20(16)28-13-10-21(29)22(27-28)19(9-11-24)26-18-5-3-2-4-6-18/h2-15,24,26H,1H3/b19-9-,24-11?. The van der Waals surface area contributed by atoms with Crippen molar-refractivity contribution < 1.29 is 0 Å². The molecule has 0 aliphatic carbocycles. The zero-order chi connectivity index (χ0) is 20.9. The van der Waals surface area contributed by atoms with Crippen LogP contribution < -0.4 is 10.7 Å². The fourth-order valence-corrected chi connectivity index (χ4v) is 3.72. The molecule has 0 atom stereocenters. The minimum absolute atomic E-state index is 0.222. The predicted molar refractivity (Wildman–Crippen MR) is 123 cm³/mol. The van der Waals surface area contributed by atoms with Gasteiger partial charge in [0.1, 0.15) is 5.01 Å². The van der Waals surface area contributed by atoms with Crippen LogP contribution in [0.2, 0.25) is 0 Å². The first kappa shape index (κ1) is 19.5. The SMILES string of the molecule is Cc1cc(-c2nccs2)ccc1-n1ccc(=O)c(/C(=C/C=N)Nc2ccccc2)n1. The Morgan fingerprint density at radius 2 is 2.00 bits per heavy atom. The molecule has 0 aliphatic heterocycles. The number of rotatable bonds is 6. The van der Waals surface area contributed by atoms with Crippen LogP contribution in [0.1, 0.15) is 11.3 Å². The van der Waals surface area contributed by atoms with Crippen LogP contribution in [0.5, 0.6) is 0 Å². The van der Waals surface area contributed by atoms with Crippen LogP contribution >= 0.6 is 11.3 Å². The molecule has 0 spiro atoms. The first-order valence-electron chi connectivity index (χ1n) is 9.30. The Bertz CT molecular complexity index is 1260. The highest BCUT2D eigenvalue weighted by Crippen LogP contribution is 2.25. The van der Waals surface area contributed by atoms with E-state index in [1.54, 1.807) is 28.4 Å². The smallest absolute Gasteiger partial charge is 0.209 e. The molecule has 0 amide bonds. The summed E-state index contributed by atoms with van der Waals surface area (Å²) < 4.78 is 1.68. The summed E-state index contributed by atoms with van der Waals surface area (Å²) in [5.41, 5.74) is 4.22. The van der Waals surface area contributed by atoms with Crippen molar-refractivity contribution >= 4 is 28.9 Å². The lowest BCUT2D eigenvalue weighted by Gasteiger charge is -2.14. The molecule has 7 heteroatoms. The van der Waals surface area contributed by atoms with Crippen molar-refractivity contribution in [3.05, 3.63) is 99.9 Å². The van der Waals surface area contributed by atoms with Crippen LogP contribution in [0.25, 0.3) is 22.0 Å². The summed E-state index contributed by atoms with van der Waals surface area (Å²) in [4.78, 5) is 16.9. The summed E-state index contributed by atoms with van der Waals surface area (Å²) in [5.74, 6) is 0. The lowest BCUT2D eigenvalue weighted by atomic mass is 10.1. The molecule has 6 nitrogen and oxygen atoms in total. The van der Waals surface area contributed by atoms with Gasteiger partial charge in [0, 0.05) is 41.3 Å². The third-order valence-electron chi connectivity index (χ3n) is 4.49. The molecule has 4 rings (SSSR count). The molecule has 2 aromatic heterocycles. The summed E-state index contributed by atoms with van der Waals surface area (Å²) in [6.45, 7) is 2.00. The van der Waals surface area contributed by atoms with E-state index in [0.29, 0.717) is 5.70 Å². The molecule has 0 saturated carbocycles. The van der Waals surface area contributed by atoms with Crippen LogP contribution in [0.4, 0.5) is 5.69 Å². The summed E-state index contributed by atoms with van der Waals surface area (Å²) in [7, 11) is 0. The monoisotopic (exact) mass is 413 g/mol. The van der Waals surface area contributed by atoms with Crippen molar-refractivity contribution in [2.24, 2.45) is 0 Å². The molecular weight excluding hydrogens is 394 g/mol. The molecule has 0 aliphatic rings. The molecule has 0 unspecified atom stereocenters. The van der Waals surface area contributed by atoms with Gasteiger partial charge in [0.2, 0.25) is 5.43 Å². The molecule has 4 aromatic rings. The molecule has 0 radical (unpaired) electrons. The van der Waals surface area contributed by atoms with E-state index in [1.165, 1.54) is 12.1 Å². The highest BCUT2D eigenvalue weighted by molar-refractivity contribution is 7.13. The molecule has 148 valence electrons. The maximum Gasteiger partial charge on any atom is 0.209 e. The van der Waals surface area contributed by atoms with Gasteiger partial charge in [-0.1, -0.05) is 18.2 Å². The third kappa shape index (κ3) is 4.11. The van der Waals surface area contributed by atoms with Gasteiger partial charge in [-0.2, -0.15) is 5.10 Å². The van der Waals surface area contributed by atoms with Crippen LogP contribution in [-0.4, -0.2) is 21.0 Å². The summed E-state index contributed by atoms with van der Waals surface area (Å²) in [6, 6.07) is 17.0. The molecule has 0 saturated heterocycles. The van der Waals surface area contributed by atoms with Gasteiger partial charge < -0.3 is 10.7 Å². The van der Waals surface area contributed by atoms with Crippen LogP contribution in [0.3, 0.4) is 0 Å². The van der Waals surface area contributed by atoms with Gasteiger partial charge in [0.05, 0.1) is 11.4 Å². The fraction of sp³-hybridized carbons (Fsp3) is 0.0435. The van der Waals surface area contributed by atoms with Gasteiger partial charge in [-0.3, -0.25) is 4.79 Å². The van der Waals surface area contributed by atoms with Gasteiger partial charge >= 0.3 is 0 Å². The molecule has 2 aromatic carbocycles. The second-order valence-electron chi connectivity index (χ2n) is 6.55. The average Bonchev–Trinajstić information content (AvgIpc) is 3.30. The lowest BCUT2D eigenvalue weighted by molar-refractivity contribution is 0.819. The number of anilines is 1. The maximum absolute atomic E-state index is 12.6. The fourth-order valence-electron chi connectivity index (χ4n) is 3.08. The number of nitrogens with one attached hydrogen (secondary N) is 2. The second-order valence-corrected chi connectivity index (χ2v) is 7.44. The van der Waals surface area contributed by atoms with E-state index < -0.39 is 0 Å². The number of hydrogen-bond donors (Lipinski definition) is 2. The van der Waals surface area contributed by atoms with E-state index >= 15 is 0 Å². The van der Waals surface area contributed by atoms with Crippen LogP contribution in [0.15, 0.2) is 83.2 Å². The number of hydrogen-bond acceptors (Lipinski definition) is 6. The third-order valence-corrected chi connectivity index (χ3v) is 5.31. The number of benzene rings is 2.